The Hall–Kier alpha value is -2.24. The van der Waals surface area contributed by atoms with Crippen molar-refractivity contribution in [2.24, 2.45) is 0 Å². The Morgan fingerprint density at radius 2 is 1.74 bits per heavy atom. The van der Waals surface area contributed by atoms with Gasteiger partial charge in [-0.15, -0.1) is 0 Å². The molecule has 0 N–H and O–H groups in total. The third-order valence-corrected chi connectivity index (χ3v) is 5.96. The average molecular weight is 382 g/mol. The SMILES string of the molecule is Cc1ccccc1C(=O)N(CCCN(C)C)c1nc2c(C)c(C)ccc2s1. The van der Waals surface area contributed by atoms with Gasteiger partial charge in [0.15, 0.2) is 5.13 Å². The number of rotatable bonds is 6. The van der Waals surface area contributed by atoms with Gasteiger partial charge < -0.3 is 4.90 Å². The summed E-state index contributed by atoms with van der Waals surface area (Å²) in [7, 11) is 4.11. The molecule has 4 nitrogen and oxygen atoms in total. The van der Waals surface area contributed by atoms with Gasteiger partial charge in [-0.05, 0) is 76.7 Å². The first-order chi connectivity index (χ1) is 12.9. The quantitative estimate of drug-likeness (QED) is 0.614. The summed E-state index contributed by atoms with van der Waals surface area (Å²) < 4.78 is 1.13. The lowest BCUT2D eigenvalue weighted by atomic mass is 10.1. The van der Waals surface area contributed by atoms with E-state index in [1.807, 2.05) is 36.1 Å². The number of carbonyl (C=O) groups is 1. The highest BCUT2D eigenvalue weighted by Crippen LogP contribution is 2.33. The molecule has 0 aliphatic rings. The van der Waals surface area contributed by atoms with E-state index < -0.39 is 0 Å². The van der Waals surface area contributed by atoms with Gasteiger partial charge in [0.25, 0.3) is 5.91 Å². The maximum absolute atomic E-state index is 13.3. The molecule has 5 heteroatoms. The number of fused-ring (bicyclic) bond motifs is 1. The van der Waals surface area contributed by atoms with Crippen molar-refractivity contribution < 1.29 is 4.79 Å². The lowest BCUT2D eigenvalue weighted by molar-refractivity contribution is 0.0985. The van der Waals surface area contributed by atoms with Gasteiger partial charge in [0, 0.05) is 12.1 Å². The van der Waals surface area contributed by atoms with Gasteiger partial charge in [0.1, 0.15) is 0 Å². The Bertz CT molecular complexity index is 961. The van der Waals surface area contributed by atoms with Gasteiger partial charge in [-0.25, -0.2) is 4.98 Å². The number of hydrogen-bond donors (Lipinski definition) is 0. The molecule has 0 unspecified atom stereocenters. The molecular formula is C22H27N3OS. The first-order valence-electron chi connectivity index (χ1n) is 9.27. The molecular weight excluding hydrogens is 354 g/mol. The minimum absolute atomic E-state index is 0.0280. The molecule has 27 heavy (non-hydrogen) atoms. The van der Waals surface area contributed by atoms with Crippen molar-refractivity contribution >= 4 is 32.6 Å². The Morgan fingerprint density at radius 3 is 2.44 bits per heavy atom. The van der Waals surface area contributed by atoms with E-state index in [1.165, 1.54) is 11.1 Å². The van der Waals surface area contributed by atoms with E-state index >= 15 is 0 Å². The Balaban J connectivity index is 2.00. The standard InChI is InChI=1S/C22H27N3OS/c1-15-11-12-19-20(17(15)3)23-22(27-19)25(14-8-13-24(4)5)21(26)18-10-7-6-9-16(18)2/h6-7,9-12H,8,13-14H2,1-5H3. The zero-order valence-electron chi connectivity index (χ0n) is 16.7. The molecule has 0 aliphatic carbocycles. The number of aromatic nitrogens is 1. The number of thiazole rings is 1. The molecule has 1 aromatic heterocycles. The minimum atomic E-state index is 0.0280. The summed E-state index contributed by atoms with van der Waals surface area (Å²) in [5.41, 5.74) is 5.16. The lowest BCUT2D eigenvalue weighted by Crippen LogP contribution is -2.33. The molecule has 0 spiro atoms. The number of hydrogen-bond acceptors (Lipinski definition) is 4. The van der Waals surface area contributed by atoms with Crippen molar-refractivity contribution in [2.45, 2.75) is 27.2 Å². The highest BCUT2D eigenvalue weighted by Gasteiger charge is 2.22. The van der Waals surface area contributed by atoms with Crippen LogP contribution in [0.5, 0.6) is 0 Å². The van der Waals surface area contributed by atoms with Crippen molar-refractivity contribution in [3.8, 4) is 0 Å². The zero-order chi connectivity index (χ0) is 19.6. The fourth-order valence-electron chi connectivity index (χ4n) is 3.12. The van der Waals surface area contributed by atoms with Crippen molar-refractivity contribution in [1.29, 1.82) is 0 Å². The zero-order valence-corrected chi connectivity index (χ0v) is 17.6. The van der Waals surface area contributed by atoms with E-state index in [-0.39, 0.29) is 5.91 Å². The lowest BCUT2D eigenvalue weighted by Gasteiger charge is -2.21. The number of amides is 1. The molecule has 0 aliphatic heterocycles. The number of nitrogens with zero attached hydrogens (tertiary/aromatic N) is 3. The third-order valence-electron chi connectivity index (χ3n) is 4.91. The Labute approximate surface area is 165 Å². The summed E-state index contributed by atoms with van der Waals surface area (Å²) in [4.78, 5) is 22.2. The second-order valence-corrected chi connectivity index (χ2v) is 8.29. The predicted octanol–water partition coefficient (Wildman–Crippen LogP) is 4.82. The number of carbonyl (C=O) groups excluding carboxylic acids is 1. The molecule has 1 amide bonds. The van der Waals surface area contributed by atoms with Gasteiger partial charge in [-0.1, -0.05) is 35.6 Å². The van der Waals surface area contributed by atoms with Crippen LogP contribution in [0.1, 0.15) is 33.5 Å². The van der Waals surface area contributed by atoms with Gasteiger partial charge in [0.2, 0.25) is 0 Å². The summed E-state index contributed by atoms with van der Waals surface area (Å²) >= 11 is 1.60. The maximum Gasteiger partial charge on any atom is 0.260 e. The van der Waals surface area contributed by atoms with Crippen LogP contribution < -0.4 is 4.90 Å². The van der Waals surface area contributed by atoms with Crippen molar-refractivity contribution in [3.63, 3.8) is 0 Å². The molecule has 3 rings (SSSR count). The van der Waals surface area contributed by atoms with Crippen LogP contribution in [0.2, 0.25) is 0 Å². The third kappa shape index (κ3) is 4.20. The molecule has 1 heterocycles. The van der Waals surface area contributed by atoms with E-state index in [1.54, 1.807) is 11.3 Å². The van der Waals surface area contributed by atoms with Crippen LogP contribution in [0.3, 0.4) is 0 Å². The molecule has 0 fully saturated rings. The van der Waals surface area contributed by atoms with E-state index in [0.717, 1.165) is 39.4 Å². The Morgan fingerprint density at radius 1 is 1.00 bits per heavy atom. The maximum atomic E-state index is 13.3. The van der Waals surface area contributed by atoms with Crippen LogP contribution in [0.4, 0.5) is 5.13 Å². The molecule has 3 aromatic rings. The summed E-state index contributed by atoms with van der Waals surface area (Å²) in [6, 6.07) is 12.0. The molecule has 0 saturated heterocycles. The fraction of sp³-hybridized carbons (Fsp3) is 0.364. The van der Waals surface area contributed by atoms with E-state index in [4.69, 9.17) is 4.98 Å². The molecule has 142 valence electrons. The summed E-state index contributed by atoms with van der Waals surface area (Å²) in [6.07, 6.45) is 0.901. The monoisotopic (exact) mass is 381 g/mol. The second-order valence-electron chi connectivity index (χ2n) is 7.28. The largest absolute Gasteiger partial charge is 0.309 e. The first kappa shape index (κ1) is 19.5. The molecule has 0 saturated carbocycles. The van der Waals surface area contributed by atoms with Gasteiger partial charge in [-0.2, -0.15) is 0 Å². The first-order valence-corrected chi connectivity index (χ1v) is 10.1. The number of anilines is 1. The summed E-state index contributed by atoms with van der Waals surface area (Å²) in [5, 5.41) is 0.783. The smallest absolute Gasteiger partial charge is 0.260 e. The van der Waals surface area contributed by atoms with Crippen molar-refractivity contribution in [1.82, 2.24) is 9.88 Å². The predicted molar refractivity (Wildman–Crippen MR) is 115 cm³/mol. The van der Waals surface area contributed by atoms with Crippen LogP contribution in [-0.4, -0.2) is 43.0 Å². The highest BCUT2D eigenvalue weighted by atomic mass is 32.1. The molecule has 2 aromatic carbocycles. The second kappa shape index (κ2) is 8.19. The van der Waals surface area contributed by atoms with Crippen LogP contribution in [-0.2, 0) is 0 Å². The minimum Gasteiger partial charge on any atom is -0.309 e. The molecule has 0 radical (unpaired) electrons. The van der Waals surface area contributed by atoms with Crippen LogP contribution in [0, 0.1) is 20.8 Å². The van der Waals surface area contributed by atoms with Crippen molar-refractivity contribution in [3.05, 3.63) is 58.7 Å². The highest BCUT2D eigenvalue weighted by molar-refractivity contribution is 7.22. The van der Waals surface area contributed by atoms with Crippen LogP contribution in [0.15, 0.2) is 36.4 Å². The van der Waals surface area contributed by atoms with E-state index in [0.29, 0.717) is 6.54 Å². The molecule has 0 atom stereocenters. The summed E-state index contributed by atoms with van der Waals surface area (Å²) in [6.45, 7) is 7.77. The normalized spacial score (nSPS) is 11.3. The van der Waals surface area contributed by atoms with Crippen LogP contribution in [0.25, 0.3) is 10.2 Å². The van der Waals surface area contributed by atoms with Gasteiger partial charge in [0.05, 0.1) is 10.2 Å². The topological polar surface area (TPSA) is 36.4 Å². The Kier molecular flexibility index (Phi) is 5.92. The van der Waals surface area contributed by atoms with Gasteiger partial charge >= 0.3 is 0 Å². The summed E-state index contributed by atoms with van der Waals surface area (Å²) in [5.74, 6) is 0.0280. The van der Waals surface area contributed by atoms with E-state index in [9.17, 15) is 4.79 Å². The fourth-order valence-corrected chi connectivity index (χ4v) is 4.17. The number of benzene rings is 2. The number of aryl methyl sites for hydroxylation is 3. The average Bonchev–Trinajstić information content (AvgIpc) is 3.06. The van der Waals surface area contributed by atoms with E-state index in [2.05, 4.69) is 45.0 Å². The van der Waals surface area contributed by atoms with Crippen LogP contribution >= 0.6 is 11.3 Å². The van der Waals surface area contributed by atoms with Crippen molar-refractivity contribution in [2.75, 3.05) is 32.1 Å². The molecule has 0 bridgehead atoms. The van der Waals surface area contributed by atoms with Gasteiger partial charge in [-0.3, -0.25) is 9.69 Å².